The first-order chi connectivity index (χ1) is 9.29. The quantitative estimate of drug-likeness (QED) is 0.735. The van der Waals surface area contributed by atoms with Gasteiger partial charge in [-0.25, -0.2) is 4.79 Å². The molecule has 0 unspecified atom stereocenters. The Hall–Kier alpha value is -1.55. The van der Waals surface area contributed by atoms with Gasteiger partial charge in [-0.05, 0) is 38.3 Å². The lowest BCUT2D eigenvalue weighted by atomic mass is 10.1. The second-order valence-corrected chi connectivity index (χ2v) is 6.51. The number of carbonyl (C=O) groups is 1. The minimum absolute atomic E-state index is 0.357. The predicted molar refractivity (Wildman–Crippen MR) is 86.3 cm³/mol. The van der Waals surface area contributed by atoms with Crippen LogP contribution in [0.25, 0.3) is 10.8 Å². The third-order valence-electron chi connectivity index (χ3n) is 2.88. The van der Waals surface area contributed by atoms with Crippen molar-refractivity contribution in [3.63, 3.8) is 0 Å². The smallest absolute Gasteiger partial charge is 0.414 e. The summed E-state index contributed by atoms with van der Waals surface area (Å²) >= 11 is 3.53. The highest BCUT2D eigenvalue weighted by Gasteiger charge is 2.21. The zero-order valence-corrected chi connectivity index (χ0v) is 13.7. The van der Waals surface area contributed by atoms with E-state index in [1.54, 1.807) is 11.9 Å². The zero-order valence-electron chi connectivity index (χ0n) is 12.1. The molecule has 106 valence electrons. The summed E-state index contributed by atoms with van der Waals surface area (Å²) in [7, 11) is 1.73. The lowest BCUT2D eigenvalue weighted by Gasteiger charge is -2.25. The summed E-state index contributed by atoms with van der Waals surface area (Å²) in [6.45, 7) is 5.58. The Kier molecular flexibility index (Phi) is 4.04. The van der Waals surface area contributed by atoms with Gasteiger partial charge in [0.05, 0.1) is 5.69 Å². The Morgan fingerprint density at radius 3 is 2.30 bits per heavy atom. The Bertz CT molecular complexity index is 646. The van der Waals surface area contributed by atoms with Gasteiger partial charge in [0, 0.05) is 16.9 Å². The first kappa shape index (κ1) is 14.9. The van der Waals surface area contributed by atoms with Gasteiger partial charge in [-0.1, -0.05) is 40.2 Å². The third kappa shape index (κ3) is 3.12. The second-order valence-electron chi connectivity index (χ2n) is 5.65. The minimum Gasteiger partial charge on any atom is -0.443 e. The summed E-state index contributed by atoms with van der Waals surface area (Å²) in [4.78, 5) is 13.7. The number of benzene rings is 2. The van der Waals surface area contributed by atoms with Crippen molar-refractivity contribution in [3.05, 3.63) is 40.9 Å². The second kappa shape index (κ2) is 5.44. The van der Waals surface area contributed by atoms with Crippen LogP contribution in [0.4, 0.5) is 10.5 Å². The number of hydrogen-bond acceptors (Lipinski definition) is 2. The lowest BCUT2D eigenvalue weighted by molar-refractivity contribution is 0.0590. The number of ether oxygens (including phenoxy) is 1. The Balaban J connectivity index is 2.43. The molecule has 2 rings (SSSR count). The van der Waals surface area contributed by atoms with Gasteiger partial charge in [0.25, 0.3) is 0 Å². The average Bonchev–Trinajstić information content (AvgIpc) is 2.37. The number of nitrogens with zero attached hydrogens (tertiary/aromatic N) is 1. The topological polar surface area (TPSA) is 29.5 Å². The molecule has 0 aliphatic heterocycles. The van der Waals surface area contributed by atoms with Crippen LogP contribution in [0.3, 0.4) is 0 Å². The first-order valence-corrected chi connectivity index (χ1v) is 7.23. The van der Waals surface area contributed by atoms with Crippen LogP contribution in [0.2, 0.25) is 0 Å². The van der Waals surface area contributed by atoms with Gasteiger partial charge in [0.2, 0.25) is 0 Å². The van der Waals surface area contributed by atoms with Crippen LogP contribution >= 0.6 is 15.9 Å². The van der Waals surface area contributed by atoms with Gasteiger partial charge >= 0.3 is 6.09 Å². The number of halogens is 1. The molecule has 0 radical (unpaired) electrons. The zero-order chi connectivity index (χ0) is 14.9. The maximum Gasteiger partial charge on any atom is 0.414 e. The van der Waals surface area contributed by atoms with E-state index in [0.717, 1.165) is 20.9 Å². The van der Waals surface area contributed by atoms with Gasteiger partial charge in [-0.2, -0.15) is 0 Å². The summed E-state index contributed by atoms with van der Waals surface area (Å²) in [6, 6.07) is 11.8. The molecule has 2 aromatic carbocycles. The van der Waals surface area contributed by atoms with Crippen molar-refractivity contribution in [2.75, 3.05) is 11.9 Å². The largest absolute Gasteiger partial charge is 0.443 e. The van der Waals surface area contributed by atoms with E-state index in [2.05, 4.69) is 15.9 Å². The summed E-state index contributed by atoms with van der Waals surface area (Å²) in [5, 5.41) is 2.08. The standard InChI is InChI=1S/C16H18BrNO2/c1-16(2,3)20-15(19)18(4)14-10-9-13(17)11-7-5-6-8-12(11)14/h5-10H,1-4H3. The van der Waals surface area contributed by atoms with Crippen molar-refractivity contribution in [3.8, 4) is 0 Å². The molecule has 4 heteroatoms. The van der Waals surface area contributed by atoms with Gasteiger partial charge < -0.3 is 4.74 Å². The molecule has 0 spiro atoms. The monoisotopic (exact) mass is 335 g/mol. The van der Waals surface area contributed by atoms with Crippen LogP contribution in [0.5, 0.6) is 0 Å². The van der Waals surface area contributed by atoms with Crippen molar-refractivity contribution in [1.29, 1.82) is 0 Å². The van der Waals surface area contributed by atoms with Crippen molar-refractivity contribution in [1.82, 2.24) is 0 Å². The van der Waals surface area contributed by atoms with Crippen LogP contribution in [-0.4, -0.2) is 18.7 Å². The summed E-state index contributed by atoms with van der Waals surface area (Å²) in [5.74, 6) is 0. The molecule has 20 heavy (non-hydrogen) atoms. The molecule has 1 amide bonds. The first-order valence-electron chi connectivity index (χ1n) is 6.43. The third-order valence-corrected chi connectivity index (χ3v) is 3.57. The number of rotatable bonds is 1. The molecule has 0 heterocycles. The van der Waals surface area contributed by atoms with Crippen molar-refractivity contribution < 1.29 is 9.53 Å². The van der Waals surface area contributed by atoms with Crippen LogP contribution in [0.1, 0.15) is 20.8 Å². The van der Waals surface area contributed by atoms with Gasteiger partial charge in [-0.15, -0.1) is 0 Å². The van der Waals surface area contributed by atoms with E-state index >= 15 is 0 Å². The van der Waals surface area contributed by atoms with E-state index < -0.39 is 5.60 Å². The maximum absolute atomic E-state index is 12.2. The van der Waals surface area contributed by atoms with Gasteiger partial charge in [0.1, 0.15) is 5.60 Å². The van der Waals surface area contributed by atoms with Crippen LogP contribution in [0, 0.1) is 0 Å². The van der Waals surface area contributed by atoms with Gasteiger partial charge in [-0.3, -0.25) is 4.90 Å². The normalized spacial score (nSPS) is 11.4. The SMILES string of the molecule is CN(C(=O)OC(C)(C)C)c1ccc(Br)c2ccccc12. The molecule has 0 aliphatic rings. The number of anilines is 1. The molecule has 0 saturated heterocycles. The highest BCUT2D eigenvalue weighted by molar-refractivity contribution is 9.10. The van der Waals surface area contributed by atoms with Crippen molar-refractivity contribution in [2.45, 2.75) is 26.4 Å². The van der Waals surface area contributed by atoms with Crippen LogP contribution in [0.15, 0.2) is 40.9 Å². The number of amides is 1. The van der Waals surface area contributed by atoms with E-state index in [1.807, 2.05) is 57.2 Å². The summed E-state index contributed by atoms with van der Waals surface area (Å²) in [5.41, 5.74) is 0.328. The fraction of sp³-hybridized carbons (Fsp3) is 0.312. The summed E-state index contributed by atoms with van der Waals surface area (Å²) in [6.07, 6.45) is -0.357. The van der Waals surface area contributed by atoms with E-state index in [-0.39, 0.29) is 6.09 Å². The highest BCUT2D eigenvalue weighted by Crippen LogP contribution is 2.32. The Labute approximate surface area is 127 Å². The van der Waals surface area contributed by atoms with E-state index in [1.165, 1.54) is 0 Å². The van der Waals surface area contributed by atoms with Crippen LogP contribution in [-0.2, 0) is 4.74 Å². The average molecular weight is 336 g/mol. The molecular formula is C16H18BrNO2. The molecule has 0 fully saturated rings. The fourth-order valence-corrected chi connectivity index (χ4v) is 2.45. The van der Waals surface area contributed by atoms with Crippen LogP contribution < -0.4 is 4.90 Å². The predicted octanol–water partition coefficient (Wildman–Crippen LogP) is 4.97. The Morgan fingerprint density at radius 1 is 1.10 bits per heavy atom. The van der Waals surface area contributed by atoms with Gasteiger partial charge in [0.15, 0.2) is 0 Å². The Morgan fingerprint density at radius 2 is 1.70 bits per heavy atom. The summed E-state index contributed by atoms with van der Waals surface area (Å²) < 4.78 is 6.42. The van der Waals surface area contributed by atoms with Crippen molar-refractivity contribution in [2.24, 2.45) is 0 Å². The molecule has 3 nitrogen and oxygen atoms in total. The van der Waals surface area contributed by atoms with Crippen molar-refractivity contribution >= 4 is 38.5 Å². The minimum atomic E-state index is -0.503. The van der Waals surface area contributed by atoms with E-state index in [4.69, 9.17) is 4.74 Å². The van der Waals surface area contributed by atoms with E-state index in [9.17, 15) is 4.79 Å². The fourth-order valence-electron chi connectivity index (χ4n) is 1.97. The molecular weight excluding hydrogens is 318 g/mol. The number of fused-ring (bicyclic) bond motifs is 1. The molecule has 0 aromatic heterocycles. The molecule has 0 bridgehead atoms. The molecule has 2 aromatic rings. The molecule has 0 atom stereocenters. The van der Waals surface area contributed by atoms with E-state index in [0.29, 0.717) is 0 Å². The molecule has 0 aliphatic carbocycles. The number of hydrogen-bond donors (Lipinski definition) is 0. The number of carbonyl (C=O) groups excluding carboxylic acids is 1. The molecule has 0 N–H and O–H groups in total. The lowest BCUT2D eigenvalue weighted by Crippen LogP contribution is -2.34. The highest BCUT2D eigenvalue weighted by atomic mass is 79.9. The molecule has 0 saturated carbocycles. The maximum atomic E-state index is 12.2.